The van der Waals surface area contributed by atoms with Crippen LogP contribution in [-0.2, 0) is 32.0 Å². The highest BCUT2D eigenvalue weighted by atomic mass is 16.5. The van der Waals surface area contributed by atoms with Crippen LogP contribution in [0.15, 0.2) is 54.6 Å². The maximum absolute atomic E-state index is 14.8. The third-order valence-electron chi connectivity index (χ3n) is 11.5. The number of phenols is 1. The minimum atomic E-state index is -2.78. The van der Waals surface area contributed by atoms with E-state index >= 15 is 0 Å². The number of hydrogen-bond donors (Lipinski definition) is 2. The summed E-state index contributed by atoms with van der Waals surface area (Å²) in [7, 11) is 1.55. The fourth-order valence-corrected chi connectivity index (χ4v) is 9.19. The number of benzene rings is 3. The first-order valence-electron chi connectivity index (χ1n) is 17.6. The number of fused-ring (bicyclic) bond motifs is 3. The van der Waals surface area contributed by atoms with E-state index in [4.69, 9.17) is 4.74 Å². The lowest BCUT2D eigenvalue weighted by molar-refractivity contribution is -0.205. The number of phenolic OH excluding ortho intramolecular Hbond substituents is 1. The van der Waals surface area contributed by atoms with Crippen LogP contribution >= 0.6 is 0 Å². The Morgan fingerprint density at radius 1 is 0.904 bits per heavy atom. The van der Waals surface area contributed by atoms with Crippen molar-refractivity contribution in [2.24, 2.45) is 34.5 Å². The van der Waals surface area contributed by atoms with Gasteiger partial charge < -0.3 is 14.9 Å². The molecule has 2 fully saturated rings. The highest BCUT2D eigenvalue weighted by Gasteiger charge is 2.76. The van der Waals surface area contributed by atoms with E-state index in [0.29, 0.717) is 22.4 Å². The second-order valence-electron chi connectivity index (χ2n) is 15.3. The lowest BCUT2D eigenvalue weighted by Crippen LogP contribution is -2.76. The van der Waals surface area contributed by atoms with Gasteiger partial charge in [0.25, 0.3) is 0 Å². The number of aromatic hydroxyl groups is 1. The summed E-state index contributed by atoms with van der Waals surface area (Å²) in [6.07, 6.45) is 0.903. The summed E-state index contributed by atoms with van der Waals surface area (Å²) in [5.74, 6) is 3.39. The van der Waals surface area contributed by atoms with Gasteiger partial charge in [0, 0.05) is 28.0 Å². The molecule has 52 heavy (non-hydrogen) atoms. The second-order valence-corrected chi connectivity index (χ2v) is 15.3. The van der Waals surface area contributed by atoms with Gasteiger partial charge in [0.15, 0.2) is 28.7 Å². The molecule has 2 saturated carbocycles. The van der Waals surface area contributed by atoms with Gasteiger partial charge in [-0.05, 0) is 91.1 Å². The van der Waals surface area contributed by atoms with E-state index in [9.17, 15) is 34.2 Å². The van der Waals surface area contributed by atoms with Crippen molar-refractivity contribution in [1.29, 1.82) is 0 Å². The zero-order chi connectivity index (χ0) is 37.9. The van der Waals surface area contributed by atoms with Crippen molar-refractivity contribution in [3.63, 3.8) is 0 Å². The molecule has 0 spiro atoms. The number of carbonyl (C=O) groups excluding carboxylic acids is 5. The predicted octanol–water partition coefficient (Wildman–Crippen LogP) is 5.46. The van der Waals surface area contributed by atoms with Crippen LogP contribution in [0.5, 0.6) is 11.5 Å². The van der Waals surface area contributed by atoms with Gasteiger partial charge in [-0.2, -0.15) is 0 Å². The van der Waals surface area contributed by atoms with Gasteiger partial charge in [0.1, 0.15) is 23.2 Å². The van der Waals surface area contributed by atoms with E-state index in [0.717, 1.165) is 24.5 Å². The number of ether oxygens (including phenoxy) is 1. The molecule has 3 aromatic rings. The zero-order valence-corrected chi connectivity index (χ0v) is 30.5. The number of hydrogen-bond acceptors (Lipinski definition) is 8. The van der Waals surface area contributed by atoms with E-state index in [1.807, 2.05) is 24.3 Å². The van der Waals surface area contributed by atoms with E-state index in [1.54, 1.807) is 65.1 Å². The van der Waals surface area contributed by atoms with Gasteiger partial charge in [-0.1, -0.05) is 70.4 Å². The first kappa shape index (κ1) is 36.5. The maximum atomic E-state index is 14.8. The first-order chi connectivity index (χ1) is 24.5. The average molecular weight is 699 g/mol. The van der Waals surface area contributed by atoms with Crippen molar-refractivity contribution < 1.29 is 38.9 Å². The molecule has 0 heterocycles. The van der Waals surface area contributed by atoms with Crippen LogP contribution in [0.4, 0.5) is 0 Å². The lowest BCUT2D eigenvalue weighted by atomic mass is 9.40. The number of aryl methyl sites for hydroxylation is 1. The number of aliphatic hydroxyl groups is 1. The first-order valence-corrected chi connectivity index (χ1v) is 17.6. The Hall–Kier alpha value is -5.31. The van der Waals surface area contributed by atoms with Crippen molar-refractivity contribution in [2.45, 2.75) is 66.4 Å². The van der Waals surface area contributed by atoms with Crippen LogP contribution in [0.2, 0.25) is 0 Å². The minimum Gasteiger partial charge on any atom is -0.506 e. The fraction of sp³-hybridized carbons (Fsp3) is 0.386. The van der Waals surface area contributed by atoms with E-state index in [1.165, 1.54) is 0 Å². The summed E-state index contributed by atoms with van der Waals surface area (Å²) in [6.45, 7) is 9.98. The average Bonchev–Trinajstić information content (AvgIpc) is 3.09. The minimum absolute atomic E-state index is 0.0474. The molecule has 3 aliphatic carbocycles. The summed E-state index contributed by atoms with van der Waals surface area (Å²) in [6, 6.07) is 16.4. The SMILES string of the molecule is CCc1ccc(C#Cc2cc(C#Cc3ccc(OC)cc3)c(O)c3c2C[C@]2(C)C[C@]4(C)C(C(C)C)C(=O)C(C(C)=O)C(=O)[C@]4(O)C(=O)C2C3=O)cc1. The number of methoxy groups -OCH3 is 1. The van der Waals surface area contributed by atoms with Crippen LogP contribution < -0.4 is 4.74 Å². The molecule has 0 radical (unpaired) electrons. The highest BCUT2D eigenvalue weighted by molar-refractivity contribution is 6.32. The third kappa shape index (κ3) is 5.49. The molecule has 0 bridgehead atoms. The number of ketones is 5. The second kappa shape index (κ2) is 13.0. The van der Waals surface area contributed by atoms with Crippen molar-refractivity contribution in [1.82, 2.24) is 0 Å². The largest absolute Gasteiger partial charge is 0.506 e. The van der Waals surface area contributed by atoms with Crippen molar-refractivity contribution in [2.75, 3.05) is 7.11 Å². The normalized spacial score (nSPS) is 27.8. The van der Waals surface area contributed by atoms with Gasteiger partial charge >= 0.3 is 0 Å². The van der Waals surface area contributed by atoms with Crippen LogP contribution in [0, 0.1) is 58.2 Å². The fourth-order valence-electron chi connectivity index (χ4n) is 9.19. The Morgan fingerprint density at radius 3 is 2.02 bits per heavy atom. The van der Waals surface area contributed by atoms with Gasteiger partial charge in [0.2, 0.25) is 0 Å². The molecule has 8 nitrogen and oxygen atoms in total. The quantitative estimate of drug-likeness (QED) is 0.271. The lowest BCUT2D eigenvalue weighted by Gasteiger charge is -2.61. The monoisotopic (exact) mass is 698 g/mol. The van der Waals surface area contributed by atoms with E-state index in [2.05, 4.69) is 30.6 Å². The standard InChI is InChI=1S/C44H42O8/c1-8-26-9-11-27(12-10-26)13-17-29-21-30(18-14-28-15-19-31(52-7)20-16-28)37(46)34-32(29)22-42(5)23-43(6)35(24(2)3)38(47)33(25(4)45)40(49)44(43,51)41(50)36(42)39(34)48/h9-12,15-16,19-21,24,33,35-36,46,51H,8,22-23H2,1-7H3/t33?,35?,36?,42-,43-,44+/m1/s1. The number of carbonyl (C=O) groups is 5. The van der Waals surface area contributed by atoms with Crippen LogP contribution in [0.1, 0.15) is 91.7 Å². The molecule has 0 saturated heterocycles. The van der Waals surface area contributed by atoms with Crippen molar-refractivity contribution >= 4 is 28.9 Å². The number of Topliss-reactive ketones (excluding diaryl/α,β-unsaturated/α-hetero) is 5. The van der Waals surface area contributed by atoms with E-state index in [-0.39, 0.29) is 24.0 Å². The van der Waals surface area contributed by atoms with Gasteiger partial charge in [0.05, 0.1) is 24.2 Å². The molecular weight excluding hydrogens is 656 g/mol. The van der Waals surface area contributed by atoms with E-state index < -0.39 is 74.8 Å². The maximum Gasteiger partial charge on any atom is 0.190 e. The smallest absolute Gasteiger partial charge is 0.190 e. The molecule has 3 aromatic carbocycles. The van der Waals surface area contributed by atoms with Gasteiger partial charge in [-0.15, -0.1) is 0 Å². The molecular formula is C44H42O8. The molecule has 3 unspecified atom stereocenters. The highest BCUT2D eigenvalue weighted by Crippen LogP contribution is 2.64. The Kier molecular flexibility index (Phi) is 9.14. The molecule has 0 aliphatic heterocycles. The predicted molar refractivity (Wildman–Crippen MR) is 194 cm³/mol. The summed E-state index contributed by atoms with van der Waals surface area (Å²) in [5.41, 5.74) is -2.23. The molecule has 0 amide bonds. The topological polar surface area (TPSA) is 135 Å². The molecule has 6 rings (SSSR count). The van der Waals surface area contributed by atoms with Crippen molar-refractivity contribution in [3.05, 3.63) is 93.5 Å². The Bertz CT molecular complexity index is 2170. The summed E-state index contributed by atoms with van der Waals surface area (Å²) in [4.78, 5) is 70.1. The molecule has 2 N–H and O–H groups in total. The Balaban J connectivity index is 1.55. The summed E-state index contributed by atoms with van der Waals surface area (Å²) >= 11 is 0. The van der Waals surface area contributed by atoms with Gasteiger partial charge in [-0.25, -0.2) is 0 Å². The Labute approximate surface area is 304 Å². The molecule has 0 aromatic heterocycles. The summed E-state index contributed by atoms with van der Waals surface area (Å²) < 4.78 is 5.23. The van der Waals surface area contributed by atoms with Crippen LogP contribution in [-0.4, -0.2) is 51.8 Å². The van der Waals surface area contributed by atoms with Gasteiger partial charge in [-0.3, -0.25) is 24.0 Å². The van der Waals surface area contributed by atoms with Crippen LogP contribution in [0.25, 0.3) is 0 Å². The summed E-state index contributed by atoms with van der Waals surface area (Å²) in [5, 5.41) is 24.1. The molecule has 3 aliphatic rings. The molecule has 6 atom stereocenters. The Morgan fingerprint density at radius 2 is 1.48 bits per heavy atom. The third-order valence-corrected chi connectivity index (χ3v) is 11.5. The van der Waals surface area contributed by atoms with Crippen molar-refractivity contribution in [3.8, 4) is 35.2 Å². The number of rotatable bonds is 4. The molecule has 8 heteroatoms. The zero-order valence-electron chi connectivity index (χ0n) is 30.5. The van der Waals surface area contributed by atoms with Crippen LogP contribution in [0.3, 0.4) is 0 Å². The molecule has 266 valence electrons.